The average Bonchev–Trinajstić information content (AvgIpc) is 3.61. The Morgan fingerprint density at radius 2 is 1.60 bits per heavy atom. The van der Waals surface area contributed by atoms with Crippen molar-refractivity contribution in [1.29, 1.82) is 0 Å². The zero-order valence-corrected chi connectivity index (χ0v) is 21.9. The van der Waals surface area contributed by atoms with Crippen LogP contribution in [0, 0.1) is 11.8 Å². The quantitative estimate of drug-likeness (QED) is 0.331. The fourth-order valence-corrected chi connectivity index (χ4v) is 5.61. The Labute approximate surface area is 216 Å². The van der Waals surface area contributed by atoms with Crippen LogP contribution in [0.4, 0.5) is 0 Å². The molecule has 0 N–H and O–H groups in total. The monoisotopic (exact) mass is 516 g/mol. The van der Waals surface area contributed by atoms with E-state index in [4.69, 9.17) is 28.2 Å². The summed E-state index contributed by atoms with van der Waals surface area (Å²) in [5.41, 5.74) is 1.73. The van der Waals surface area contributed by atoms with Crippen molar-refractivity contribution in [2.45, 2.75) is 77.0 Å². The predicted molar refractivity (Wildman–Crippen MR) is 141 cm³/mol. The fraction of sp³-hybridized carbons (Fsp3) is 0.556. The third-order valence-electron chi connectivity index (χ3n) is 7.36. The van der Waals surface area contributed by atoms with Crippen molar-refractivity contribution in [3.63, 3.8) is 0 Å². The third-order valence-corrected chi connectivity index (χ3v) is 7.81. The maximum absolute atomic E-state index is 13.1. The molecule has 0 unspecified atom stereocenters. The summed E-state index contributed by atoms with van der Waals surface area (Å²) >= 11 is 11.2. The maximum atomic E-state index is 13.1. The Hall–Kier alpha value is -2.18. The van der Waals surface area contributed by atoms with E-state index in [1.165, 1.54) is 51.4 Å². The Morgan fingerprint density at radius 1 is 1.00 bits per heavy atom. The highest BCUT2D eigenvalue weighted by atomic mass is 35.5. The van der Waals surface area contributed by atoms with Crippen LogP contribution in [0.25, 0.3) is 16.9 Å². The predicted octanol–water partition coefficient (Wildman–Crippen LogP) is 6.62. The number of aryl methyl sites for hydroxylation is 2. The molecule has 2 aliphatic carbocycles. The van der Waals surface area contributed by atoms with Gasteiger partial charge in [-0.25, -0.2) is 9.97 Å². The van der Waals surface area contributed by atoms with Gasteiger partial charge in [-0.15, -0.1) is 0 Å². The van der Waals surface area contributed by atoms with Gasteiger partial charge in [0.15, 0.2) is 11.2 Å². The van der Waals surface area contributed by atoms with Gasteiger partial charge in [-0.05, 0) is 60.5 Å². The summed E-state index contributed by atoms with van der Waals surface area (Å²) in [6, 6.07) is 7.32. The number of fused-ring (bicyclic) bond motifs is 1. The molecule has 0 aliphatic heterocycles. The lowest BCUT2D eigenvalue weighted by Crippen LogP contribution is -2.24. The number of aromatic nitrogens is 4. The Balaban J connectivity index is 0.000000243. The number of nitrogens with zero attached hydrogens (tertiary/aromatic N) is 4. The standard InChI is InChI=1S/C19H21ClN4O.C8H13ClO/c1-23-12-21-17-18(23)22-16(11-6-13-4-2-3-5-13)24(19(17)25)15-9-7-14(20)8-10-15;9-8(10)6-5-7-3-1-2-4-7/h7-10,12-13H,2-6,11H2,1H3;7H,1-6H2. The number of hydrogen-bond donors (Lipinski definition) is 0. The van der Waals surface area contributed by atoms with E-state index in [1.54, 1.807) is 23.0 Å². The van der Waals surface area contributed by atoms with Crippen molar-refractivity contribution in [2.75, 3.05) is 0 Å². The van der Waals surface area contributed by atoms with Crippen molar-refractivity contribution < 1.29 is 4.79 Å². The van der Waals surface area contributed by atoms with Crippen molar-refractivity contribution in [3.05, 3.63) is 51.8 Å². The molecule has 8 heteroatoms. The van der Waals surface area contributed by atoms with Gasteiger partial charge in [-0.1, -0.05) is 63.0 Å². The molecule has 35 heavy (non-hydrogen) atoms. The number of carbonyl (C=O) groups excluding carboxylic acids is 1. The number of rotatable bonds is 7. The Kier molecular flexibility index (Phi) is 9.01. The Morgan fingerprint density at radius 3 is 2.20 bits per heavy atom. The van der Waals surface area contributed by atoms with Crippen LogP contribution in [0.3, 0.4) is 0 Å². The first-order valence-corrected chi connectivity index (χ1v) is 13.5. The van der Waals surface area contributed by atoms with Gasteiger partial charge in [-0.2, -0.15) is 0 Å². The second-order valence-electron chi connectivity index (χ2n) is 9.91. The lowest BCUT2D eigenvalue weighted by atomic mass is 10.0. The highest BCUT2D eigenvalue weighted by Gasteiger charge is 2.19. The summed E-state index contributed by atoms with van der Waals surface area (Å²) in [7, 11) is 1.87. The van der Waals surface area contributed by atoms with E-state index < -0.39 is 0 Å². The normalized spacial score (nSPS) is 16.5. The van der Waals surface area contributed by atoms with Crippen molar-refractivity contribution in [3.8, 4) is 5.69 Å². The molecular formula is C27H34Cl2N4O2. The molecule has 0 radical (unpaired) electrons. The van der Waals surface area contributed by atoms with Crippen molar-refractivity contribution in [1.82, 2.24) is 19.1 Å². The number of halogens is 2. The van der Waals surface area contributed by atoms with Crippen LogP contribution >= 0.6 is 23.2 Å². The third kappa shape index (κ3) is 6.73. The van der Waals surface area contributed by atoms with Gasteiger partial charge in [0.25, 0.3) is 5.56 Å². The average molecular weight is 518 g/mol. The number of hydrogen-bond acceptors (Lipinski definition) is 4. The summed E-state index contributed by atoms with van der Waals surface area (Å²) in [5.74, 6) is 2.34. The van der Waals surface area contributed by atoms with Gasteiger partial charge in [0.2, 0.25) is 5.24 Å². The SMILES string of the molecule is Cn1cnc2c(=O)n(-c3ccc(Cl)cc3)c(CCC3CCCC3)nc21.O=C(Cl)CCC1CCCC1. The van der Waals surface area contributed by atoms with Crippen LogP contribution < -0.4 is 5.56 Å². The van der Waals surface area contributed by atoms with E-state index in [1.807, 2.05) is 23.7 Å². The fourth-order valence-electron chi connectivity index (χ4n) is 5.37. The second kappa shape index (κ2) is 12.2. The smallest absolute Gasteiger partial charge is 0.286 e. The molecule has 2 aliphatic rings. The zero-order valence-electron chi connectivity index (χ0n) is 20.4. The van der Waals surface area contributed by atoms with Crippen LogP contribution in [0.1, 0.15) is 76.5 Å². The first kappa shape index (κ1) is 25.9. The molecule has 0 spiro atoms. The van der Waals surface area contributed by atoms with Gasteiger partial charge in [0, 0.05) is 24.9 Å². The number of benzene rings is 1. The van der Waals surface area contributed by atoms with E-state index in [2.05, 4.69) is 4.98 Å². The van der Waals surface area contributed by atoms with E-state index in [0.29, 0.717) is 22.6 Å². The first-order chi connectivity index (χ1) is 16.9. The van der Waals surface area contributed by atoms with E-state index in [0.717, 1.165) is 42.6 Å². The molecule has 6 nitrogen and oxygen atoms in total. The van der Waals surface area contributed by atoms with Gasteiger partial charge in [-0.3, -0.25) is 14.2 Å². The van der Waals surface area contributed by atoms with E-state index >= 15 is 0 Å². The van der Waals surface area contributed by atoms with E-state index in [-0.39, 0.29) is 10.8 Å². The second-order valence-corrected chi connectivity index (χ2v) is 10.8. The van der Waals surface area contributed by atoms with Crippen molar-refractivity contribution in [2.24, 2.45) is 18.9 Å². The lowest BCUT2D eigenvalue weighted by molar-refractivity contribution is -0.111. The molecule has 2 fully saturated rings. The van der Waals surface area contributed by atoms with Crippen LogP contribution in [-0.2, 0) is 18.3 Å². The minimum atomic E-state index is -0.174. The van der Waals surface area contributed by atoms with E-state index in [9.17, 15) is 9.59 Å². The molecule has 2 saturated carbocycles. The van der Waals surface area contributed by atoms with Gasteiger partial charge < -0.3 is 4.57 Å². The van der Waals surface area contributed by atoms with Crippen LogP contribution in [0.5, 0.6) is 0 Å². The summed E-state index contributed by atoms with van der Waals surface area (Å²) in [6.07, 6.45) is 15.6. The largest absolute Gasteiger partial charge is 0.318 e. The molecule has 0 saturated heterocycles. The molecule has 2 heterocycles. The molecule has 188 valence electrons. The minimum absolute atomic E-state index is 0.116. The Bertz CT molecular complexity index is 1190. The highest BCUT2D eigenvalue weighted by molar-refractivity contribution is 6.63. The molecule has 0 atom stereocenters. The first-order valence-electron chi connectivity index (χ1n) is 12.8. The van der Waals surface area contributed by atoms with Crippen LogP contribution in [-0.4, -0.2) is 24.3 Å². The van der Waals surface area contributed by atoms with Crippen LogP contribution in [0.2, 0.25) is 5.02 Å². The number of carbonyl (C=O) groups is 1. The minimum Gasteiger partial charge on any atom is -0.318 e. The number of imidazole rings is 1. The molecule has 2 aromatic heterocycles. The molecule has 3 aromatic rings. The van der Waals surface area contributed by atoms with Gasteiger partial charge in [0.05, 0.1) is 12.0 Å². The topological polar surface area (TPSA) is 69.8 Å². The van der Waals surface area contributed by atoms with Gasteiger partial charge >= 0.3 is 0 Å². The summed E-state index contributed by atoms with van der Waals surface area (Å²) in [4.78, 5) is 32.5. The maximum Gasteiger partial charge on any atom is 0.286 e. The summed E-state index contributed by atoms with van der Waals surface area (Å²) < 4.78 is 3.50. The molecule has 0 bridgehead atoms. The van der Waals surface area contributed by atoms with Crippen molar-refractivity contribution >= 4 is 39.6 Å². The highest BCUT2D eigenvalue weighted by Crippen LogP contribution is 2.29. The summed E-state index contributed by atoms with van der Waals surface area (Å²) in [6.45, 7) is 0. The summed E-state index contributed by atoms with van der Waals surface area (Å²) in [5, 5.41) is 0.475. The molecular weight excluding hydrogens is 483 g/mol. The molecule has 0 amide bonds. The molecule has 5 rings (SSSR count). The lowest BCUT2D eigenvalue weighted by Gasteiger charge is -2.14. The zero-order chi connectivity index (χ0) is 24.8. The van der Waals surface area contributed by atoms with Crippen LogP contribution in [0.15, 0.2) is 35.4 Å². The van der Waals surface area contributed by atoms with Gasteiger partial charge in [0.1, 0.15) is 5.82 Å². The molecule has 1 aromatic carbocycles.